The summed E-state index contributed by atoms with van der Waals surface area (Å²) in [6.07, 6.45) is 1.58. The summed E-state index contributed by atoms with van der Waals surface area (Å²) in [6, 6.07) is 16.8. The summed E-state index contributed by atoms with van der Waals surface area (Å²) in [4.78, 5) is 33.7. The van der Waals surface area contributed by atoms with E-state index >= 15 is 0 Å². The Labute approximate surface area is 164 Å². The smallest absolute Gasteiger partial charge is 0.326 e. The third-order valence-electron chi connectivity index (χ3n) is 4.48. The van der Waals surface area contributed by atoms with Gasteiger partial charge in [-0.15, -0.1) is 0 Å². The number of urea groups is 1. The van der Waals surface area contributed by atoms with E-state index in [0.29, 0.717) is 11.3 Å². The average Bonchev–Trinajstić information content (AvgIpc) is 3.04. The number of hydrogen-bond acceptors (Lipinski definition) is 5. The summed E-state index contributed by atoms with van der Waals surface area (Å²) in [5.41, 5.74) is 1.55. The number of rotatable bonds is 5. The van der Waals surface area contributed by atoms with Gasteiger partial charge >= 0.3 is 6.03 Å². The fourth-order valence-electron chi connectivity index (χ4n) is 3.05. The number of fused-ring (bicyclic) bond motifs is 1. The summed E-state index contributed by atoms with van der Waals surface area (Å²) < 4.78 is 5.95. The average molecular weight is 389 g/mol. The van der Waals surface area contributed by atoms with E-state index in [9.17, 15) is 19.7 Å². The van der Waals surface area contributed by atoms with E-state index in [1.165, 1.54) is 12.1 Å². The SMILES string of the molecule is O=C1NC(=O)/C(=C/c2c(OCc3ccc([N+](=O)[O-])cc3)ccc3ccccc23)N1. The third kappa shape index (κ3) is 3.77. The molecule has 0 unspecified atom stereocenters. The molecule has 144 valence electrons. The number of non-ortho nitro benzene ring substituents is 1. The summed E-state index contributed by atoms with van der Waals surface area (Å²) in [5.74, 6) is 0.00718. The zero-order chi connectivity index (χ0) is 20.4. The lowest BCUT2D eigenvalue weighted by atomic mass is 10.0. The maximum Gasteiger partial charge on any atom is 0.326 e. The second-order valence-electron chi connectivity index (χ2n) is 6.38. The van der Waals surface area contributed by atoms with Crippen LogP contribution in [0.5, 0.6) is 5.75 Å². The van der Waals surface area contributed by atoms with Crippen molar-refractivity contribution < 1.29 is 19.2 Å². The van der Waals surface area contributed by atoms with Gasteiger partial charge in [0.15, 0.2) is 0 Å². The third-order valence-corrected chi connectivity index (χ3v) is 4.48. The van der Waals surface area contributed by atoms with Crippen LogP contribution in [-0.2, 0) is 11.4 Å². The standard InChI is InChI=1S/C21H15N3O5/c25-20-18(22-21(26)23-20)11-17-16-4-2-1-3-14(16)7-10-19(17)29-12-13-5-8-15(9-6-13)24(27)28/h1-11H,12H2,(H2,22,23,25,26)/b18-11-. The summed E-state index contributed by atoms with van der Waals surface area (Å²) in [5, 5.41) is 17.2. The van der Waals surface area contributed by atoms with Crippen LogP contribution in [0.1, 0.15) is 11.1 Å². The molecule has 0 saturated carbocycles. The van der Waals surface area contributed by atoms with Crippen molar-refractivity contribution in [3.8, 4) is 5.75 Å². The minimum Gasteiger partial charge on any atom is -0.488 e. The number of ether oxygens (including phenoxy) is 1. The van der Waals surface area contributed by atoms with Crippen molar-refractivity contribution in [2.24, 2.45) is 0 Å². The van der Waals surface area contributed by atoms with Crippen LogP contribution in [0, 0.1) is 10.1 Å². The highest BCUT2D eigenvalue weighted by atomic mass is 16.6. The Morgan fingerprint density at radius 2 is 1.72 bits per heavy atom. The van der Waals surface area contributed by atoms with E-state index in [-0.39, 0.29) is 18.0 Å². The van der Waals surface area contributed by atoms with E-state index in [1.54, 1.807) is 24.3 Å². The molecule has 1 heterocycles. The van der Waals surface area contributed by atoms with Crippen molar-refractivity contribution in [3.63, 3.8) is 0 Å². The molecule has 0 spiro atoms. The molecule has 3 aromatic carbocycles. The predicted molar refractivity (Wildman–Crippen MR) is 106 cm³/mol. The first kappa shape index (κ1) is 18.2. The molecule has 8 heteroatoms. The van der Waals surface area contributed by atoms with Gasteiger partial charge in [-0.3, -0.25) is 20.2 Å². The van der Waals surface area contributed by atoms with Gasteiger partial charge in [-0.1, -0.05) is 30.3 Å². The van der Waals surface area contributed by atoms with Gasteiger partial charge in [0.1, 0.15) is 18.1 Å². The molecule has 3 amide bonds. The highest BCUT2D eigenvalue weighted by Crippen LogP contribution is 2.31. The number of nitro benzene ring substituents is 1. The van der Waals surface area contributed by atoms with Crippen LogP contribution in [0.4, 0.5) is 10.5 Å². The number of nitro groups is 1. The number of nitrogens with one attached hydrogen (secondary N) is 2. The van der Waals surface area contributed by atoms with Crippen molar-refractivity contribution in [2.75, 3.05) is 0 Å². The maximum absolute atomic E-state index is 11.9. The number of nitrogens with zero attached hydrogens (tertiary/aromatic N) is 1. The molecule has 4 rings (SSSR count). The molecule has 1 aliphatic heterocycles. The Morgan fingerprint density at radius 3 is 2.41 bits per heavy atom. The number of amides is 3. The molecule has 0 atom stereocenters. The molecule has 29 heavy (non-hydrogen) atoms. The first-order valence-electron chi connectivity index (χ1n) is 8.73. The second kappa shape index (κ2) is 7.43. The maximum atomic E-state index is 11.9. The molecule has 0 radical (unpaired) electrons. The Morgan fingerprint density at radius 1 is 0.966 bits per heavy atom. The summed E-state index contributed by atoms with van der Waals surface area (Å²) in [6.45, 7) is 0.186. The first-order chi connectivity index (χ1) is 14.0. The van der Waals surface area contributed by atoms with E-state index in [2.05, 4.69) is 10.6 Å². The van der Waals surface area contributed by atoms with Crippen molar-refractivity contribution >= 4 is 34.5 Å². The molecule has 0 bridgehead atoms. The quantitative estimate of drug-likeness (QED) is 0.300. The Bertz CT molecular complexity index is 1170. The van der Waals surface area contributed by atoms with E-state index in [0.717, 1.165) is 16.3 Å². The molecular weight excluding hydrogens is 374 g/mol. The van der Waals surface area contributed by atoms with E-state index < -0.39 is 16.9 Å². The number of hydrogen-bond donors (Lipinski definition) is 2. The predicted octanol–water partition coefficient (Wildman–Crippen LogP) is 3.51. The van der Waals surface area contributed by atoms with Crippen LogP contribution in [0.3, 0.4) is 0 Å². The van der Waals surface area contributed by atoms with Crippen LogP contribution in [-0.4, -0.2) is 16.9 Å². The minimum atomic E-state index is -0.574. The monoisotopic (exact) mass is 389 g/mol. The fraction of sp³-hybridized carbons (Fsp3) is 0.0476. The van der Waals surface area contributed by atoms with Gasteiger partial charge in [0.05, 0.1) is 4.92 Å². The van der Waals surface area contributed by atoms with Gasteiger partial charge in [0, 0.05) is 17.7 Å². The first-order valence-corrected chi connectivity index (χ1v) is 8.73. The number of carbonyl (C=O) groups is 2. The molecule has 1 aliphatic rings. The van der Waals surface area contributed by atoms with Crippen molar-refractivity contribution in [2.45, 2.75) is 6.61 Å². The molecule has 3 aromatic rings. The lowest BCUT2D eigenvalue weighted by Gasteiger charge is -2.13. The van der Waals surface area contributed by atoms with Gasteiger partial charge in [-0.05, 0) is 40.6 Å². The molecule has 0 aliphatic carbocycles. The number of carbonyl (C=O) groups excluding carboxylic acids is 2. The minimum absolute atomic E-state index is 0.00728. The van der Waals surface area contributed by atoms with Gasteiger partial charge in [0.25, 0.3) is 11.6 Å². The van der Waals surface area contributed by atoms with Crippen molar-refractivity contribution in [1.29, 1.82) is 0 Å². The largest absolute Gasteiger partial charge is 0.488 e. The van der Waals surface area contributed by atoms with Gasteiger partial charge in [0.2, 0.25) is 0 Å². The van der Waals surface area contributed by atoms with E-state index in [4.69, 9.17) is 4.74 Å². The van der Waals surface area contributed by atoms with Gasteiger partial charge < -0.3 is 10.1 Å². The number of imide groups is 1. The molecule has 8 nitrogen and oxygen atoms in total. The molecule has 1 fully saturated rings. The Balaban J connectivity index is 1.68. The van der Waals surface area contributed by atoms with Gasteiger partial charge in [-0.2, -0.15) is 0 Å². The summed E-state index contributed by atoms with van der Waals surface area (Å²) in [7, 11) is 0. The highest BCUT2D eigenvalue weighted by molar-refractivity contribution is 6.14. The van der Waals surface area contributed by atoms with Crippen LogP contribution in [0.15, 0.2) is 66.4 Å². The van der Waals surface area contributed by atoms with E-state index in [1.807, 2.05) is 30.3 Å². The zero-order valence-corrected chi connectivity index (χ0v) is 15.0. The van der Waals surface area contributed by atoms with Crippen LogP contribution < -0.4 is 15.4 Å². The highest BCUT2D eigenvalue weighted by Gasteiger charge is 2.23. The summed E-state index contributed by atoms with van der Waals surface area (Å²) >= 11 is 0. The Kier molecular flexibility index (Phi) is 4.66. The normalized spacial score (nSPS) is 14.7. The van der Waals surface area contributed by atoms with Gasteiger partial charge in [-0.25, -0.2) is 4.79 Å². The van der Waals surface area contributed by atoms with Crippen LogP contribution in [0.2, 0.25) is 0 Å². The van der Waals surface area contributed by atoms with Crippen molar-refractivity contribution in [1.82, 2.24) is 10.6 Å². The molecule has 2 N–H and O–H groups in total. The zero-order valence-electron chi connectivity index (χ0n) is 15.0. The van der Waals surface area contributed by atoms with Crippen LogP contribution >= 0.6 is 0 Å². The lowest BCUT2D eigenvalue weighted by molar-refractivity contribution is -0.384. The Hall–Kier alpha value is -4.20. The topological polar surface area (TPSA) is 111 Å². The lowest BCUT2D eigenvalue weighted by Crippen LogP contribution is -2.22. The fourth-order valence-corrected chi connectivity index (χ4v) is 3.05. The molecule has 0 aromatic heterocycles. The molecule has 1 saturated heterocycles. The molecular formula is C21H15N3O5. The second-order valence-corrected chi connectivity index (χ2v) is 6.38. The van der Waals surface area contributed by atoms with Crippen molar-refractivity contribution in [3.05, 3.63) is 87.6 Å². The van der Waals surface area contributed by atoms with Crippen LogP contribution in [0.25, 0.3) is 16.8 Å². The number of benzene rings is 3.